The van der Waals surface area contributed by atoms with E-state index >= 15 is 0 Å². The number of methoxy groups -OCH3 is 1. The van der Waals surface area contributed by atoms with Crippen LogP contribution >= 0.6 is 11.3 Å². The van der Waals surface area contributed by atoms with Crippen molar-refractivity contribution in [3.05, 3.63) is 87.1 Å². The van der Waals surface area contributed by atoms with Gasteiger partial charge in [-0.3, -0.25) is 14.5 Å². The molecule has 1 aliphatic heterocycles. The molecule has 0 bridgehead atoms. The van der Waals surface area contributed by atoms with Gasteiger partial charge in [0.2, 0.25) is 0 Å². The van der Waals surface area contributed by atoms with Crippen LogP contribution in [0.1, 0.15) is 27.6 Å². The highest BCUT2D eigenvalue weighted by molar-refractivity contribution is 7.10. The average Bonchev–Trinajstić information content (AvgIpc) is 3.36. The molecule has 1 N–H and O–H groups in total. The number of anilines is 1. The minimum atomic E-state index is -0.692. The van der Waals surface area contributed by atoms with Gasteiger partial charge in [-0.05, 0) is 60.7 Å². The SMILES string of the molecule is COc1cc(C)c(/C(O)=C2/C(=O)C(=O)N(c3ccccc3)C2c2cccs2)cc1C. The third kappa shape index (κ3) is 3.19. The fourth-order valence-electron chi connectivity index (χ4n) is 3.81. The molecule has 5 nitrogen and oxygen atoms in total. The lowest BCUT2D eigenvalue weighted by Gasteiger charge is -2.24. The molecule has 4 rings (SSSR count). The number of benzene rings is 2. The Balaban J connectivity index is 1.95. The number of amides is 1. The normalized spacial score (nSPS) is 18.1. The van der Waals surface area contributed by atoms with E-state index in [0.717, 1.165) is 16.0 Å². The molecule has 1 atom stereocenters. The van der Waals surface area contributed by atoms with Crippen LogP contribution in [0.2, 0.25) is 0 Å². The maximum absolute atomic E-state index is 13.1. The lowest BCUT2D eigenvalue weighted by molar-refractivity contribution is -0.132. The maximum atomic E-state index is 13.1. The van der Waals surface area contributed by atoms with Gasteiger partial charge in [-0.2, -0.15) is 0 Å². The number of nitrogens with zero attached hydrogens (tertiary/aromatic N) is 1. The van der Waals surface area contributed by atoms with Crippen molar-refractivity contribution in [3.8, 4) is 5.75 Å². The van der Waals surface area contributed by atoms with Gasteiger partial charge in [-0.15, -0.1) is 11.3 Å². The molecule has 1 saturated heterocycles. The summed E-state index contributed by atoms with van der Waals surface area (Å²) in [4.78, 5) is 28.4. The molecular weight excluding hydrogens is 398 g/mol. The second kappa shape index (κ2) is 7.80. The topological polar surface area (TPSA) is 66.8 Å². The molecule has 1 aromatic heterocycles. The Morgan fingerprint density at radius 3 is 2.40 bits per heavy atom. The van der Waals surface area contributed by atoms with Gasteiger partial charge in [0.25, 0.3) is 11.7 Å². The number of para-hydroxylation sites is 1. The Labute approximate surface area is 178 Å². The van der Waals surface area contributed by atoms with Crippen LogP contribution in [0.25, 0.3) is 5.76 Å². The first-order valence-corrected chi connectivity index (χ1v) is 10.4. The quantitative estimate of drug-likeness (QED) is 0.367. The lowest BCUT2D eigenvalue weighted by Crippen LogP contribution is -2.29. The molecule has 0 spiro atoms. The number of Topliss-reactive ketones (excluding diaryl/α,β-unsaturated/α-hetero) is 1. The minimum absolute atomic E-state index is 0.0963. The van der Waals surface area contributed by atoms with Crippen molar-refractivity contribution in [2.45, 2.75) is 19.9 Å². The zero-order valence-electron chi connectivity index (χ0n) is 16.9. The first-order chi connectivity index (χ1) is 14.4. The summed E-state index contributed by atoms with van der Waals surface area (Å²) in [7, 11) is 1.59. The van der Waals surface area contributed by atoms with Crippen LogP contribution in [0.4, 0.5) is 5.69 Å². The fraction of sp³-hybridized carbons (Fsp3) is 0.167. The van der Waals surface area contributed by atoms with Crippen molar-refractivity contribution < 1.29 is 19.4 Å². The smallest absolute Gasteiger partial charge is 0.300 e. The van der Waals surface area contributed by atoms with E-state index in [4.69, 9.17) is 4.74 Å². The number of ether oxygens (including phenoxy) is 1. The highest BCUT2D eigenvalue weighted by Crippen LogP contribution is 2.44. The van der Waals surface area contributed by atoms with Gasteiger partial charge in [0.15, 0.2) is 0 Å². The van der Waals surface area contributed by atoms with E-state index in [1.807, 2.05) is 55.6 Å². The Hall–Kier alpha value is -3.38. The van der Waals surface area contributed by atoms with Crippen molar-refractivity contribution in [3.63, 3.8) is 0 Å². The Bertz CT molecular complexity index is 1150. The number of rotatable bonds is 4. The highest BCUT2D eigenvalue weighted by Gasteiger charge is 2.47. The number of aliphatic hydroxyl groups is 1. The van der Waals surface area contributed by atoms with Crippen LogP contribution in [0.3, 0.4) is 0 Å². The predicted molar refractivity (Wildman–Crippen MR) is 118 cm³/mol. The van der Waals surface area contributed by atoms with Crippen LogP contribution in [-0.2, 0) is 9.59 Å². The number of thiophene rings is 1. The van der Waals surface area contributed by atoms with Crippen LogP contribution in [-0.4, -0.2) is 23.9 Å². The van der Waals surface area contributed by atoms with Crippen molar-refractivity contribution in [1.29, 1.82) is 0 Å². The largest absolute Gasteiger partial charge is 0.507 e. The van der Waals surface area contributed by atoms with E-state index in [9.17, 15) is 14.7 Å². The van der Waals surface area contributed by atoms with Gasteiger partial charge < -0.3 is 9.84 Å². The van der Waals surface area contributed by atoms with Gasteiger partial charge in [-0.1, -0.05) is 24.3 Å². The van der Waals surface area contributed by atoms with Gasteiger partial charge >= 0.3 is 0 Å². The van der Waals surface area contributed by atoms with Crippen LogP contribution in [0, 0.1) is 13.8 Å². The van der Waals surface area contributed by atoms with Crippen molar-refractivity contribution in [2.75, 3.05) is 12.0 Å². The van der Waals surface area contributed by atoms with E-state index in [1.54, 1.807) is 25.3 Å². The standard InChI is InChI=1S/C24H21NO4S/c1-14-13-18(29-3)15(2)12-17(14)22(26)20-21(19-10-7-11-30-19)25(24(28)23(20)27)16-8-5-4-6-9-16/h4-13,21,26H,1-3H3/b22-20-. The molecule has 1 unspecified atom stereocenters. The second-order valence-corrected chi connectivity index (χ2v) is 8.14. The van der Waals surface area contributed by atoms with E-state index in [2.05, 4.69) is 0 Å². The second-order valence-electron chi connectivity index (χ2n) is 7.16. The Morgan fingerprint density at radius 2 is 1.77 bits per heavy atom. The van der Waals surface area contributed by atoms with Crippen molar-refractivity contribution >= 4 is 34.5 Å². The summed E-state index contributed by atoms with van der Waals surface area (Å²) in [5.74, 6) is -0.816. The fourth-order valence-corrected chi connectivity index (χ4v) is 4.64. The van der Waals surface area contributed by atoms with Gasteiger partial charge in [0, 0.05) is 16.1 Å². The van der Waals surface area contributed by atoms with Crippen molar-refractivity contribution in [1.82, 2.24) is 0 Å². The molecule has 1 amide bonds. The molecule has 1 aliphatic rings. The van der Waals surface area contributed by atoms with E-state index < -0.39 is 17.7 Å². The number of ketones is 1. The average molecular weight is 420 g/mol. The summed E-state index contributed by atoms with van der Waals surface area (Å²) in [5, 5.41) is 13.1. The number of aryl methyl sites for hydroxylation is 2. The molecule has 3 aromatic rings. The Morgan fingerprint density at radius 1 is 1.03 bits per heavy atom. The number of hydrogen-bond donors (Lipinski definition) is 1. The summed E-state index contributed by atoms with van der Waals surface area (Å²) in [6, 6.07) is 15.7. The molecule has 0 saturated carbocycles. The number of aliphatic hydroxyl groups excluding tert-OH is 1. The van der Waals surface area contributed by atoms with E-state index in [-0.39, 0.29) is 11.3 Å². The van der Waals surface area contributed by atoms with Crippen LogP contribution in [0.15, 0.2) is 65.6 Å². The first-order valence-electron chi connectivity index (χ1n) is 9.49. The molecule has 0 aliphatic carbocycles. The van der Waals surface area contributed by atoms with Crippen molar-refractivity contribution in [2.24, 2.45) is 0 Å². The van der Waals surface area contributed by atoms with Crippen LogP contribution in [0.5, 0.6) is 5.75 Å². The number of carbonyl (C=O) groups excluding carboxylic acids is 2. The highest BCUT2D eigenvalue weighted by atomic mass is 32.1. The molecule has 2 heterocycles. The molecule has 6 heteroatoms. The lowest BCUT2D eigenvalue weighted by atomic mass is 9.96. The first kappa shape index (κ1) is 19.9. The van der Waals surface area contributed by atoms with Gasteiger partial charge in [-0.25, -0.2) is 0 Å². The molecule has 0 radical (unpaired) electrons. The zero-order chi connectivity index (χ0) is 21.4. The molecule has 152 valence electrons. The summed E-state index contributed by atoms with van der Waals surface area (Å²) < 4.78 is 5.35. The Kier molecular flexibility index (Phi) is 5.18. The number of carbonyl (C=O) groups is 2. The van der Waals surface area contributed by atoms with Gasteiger partial charge in [0.1, 0.15) is 17.6 Å². The van der Waals surface area contributed by atoms with Gasteiger partial charge in [0.05, 0.1) is 12.7 Å². The third-order valence-electron chi connectivity index (χ3n) is 5.29. The summed E-state index contributed by atoms with van der Waals surface area (Å²) in [6.07, 6.45) is 0. The van der Waals surface area contributed by atoms with Crippen LogP contribution < -0.4 is 9.64 Å². The molecule has 1 fully saturated rings. The minimum Gasteiger partial charge on any atom is -0.507 e. The van der Waals surface area contributed by atoms with E-state index in [0.29, 0.717) is 17.0 Å². The molecule has 2 aromatic carbocycles. The number of hydrogen-bond acceptors (Lipinski definition) is 5. The third-order valence-corrected chi connectivity index (χ3v) is 6.21. The van der Waals surface area contributed by atoms with E-state index in [1.165, 1.54) is 16.2 Å². The molecular formula is C24H21NO4S. The monoisotopic (exact) mass is 419 g/mol. The summed E-state index contributed by atoms with van der Waals surface area (Å²) in [6.45, 7) is 3.71. The molecule has 30 heavy (non-hydrogen) atoms. The zero-order valence-corrected chi connectivity index (χ0v) is 17.7. The predicted octanol–water partition coefficient (Wildman–Crippen LogP) is 5.00. The summed E-state index contributed by atoms with van der Waals surface area (Å²) in [5.41, 5.74) is 2.81. The summed E-state index contributed by atoms with van der Waals surface area (Å²) >= 11 is 1.44. The maximum Gasteiger partial charge on any atom is 0.300 e.